The van der Waals surface area contributed by atoms with Crippen LogP contribution >= 0.6 is 0 Å². The van der Waals surface area contributed by atoms with Crippen LogP contribution in [-0.2, 0) is 11.2 Å². The molecule has 0 bridgehead atoms. The van der Waals surface area contributed by atoms with E-state index < -0.39 is 12.8 Å². The summed E-state index contributed by atoms with van der Waals surface area (Å²) < 4.78 is 47.3. The molecule has 1 aliphatic rings. The van der Waals surface area contributed by atoms with Crippen LogP contribution in [0.2, 0.25) is 0 Å². The maximum Gasteiger partial charge on any atom is 0.422 e. The predicted molar refractivity (Wildman–Crippen MR) is 117 cm³/mol. The third-order valence-corrected chi connectivity index (χ3v) is 6.00. The summed E-state index contributed by atoms with van der Waals surface area (Å²) in [5, 5.41) is 0. The van der Waals surface area contributed by atoms with E-state index in [4.69, 9.17) is 9.47 Å². The van der Waals surface area contributed by atoms with E-state index in [1.54, 1.807) is 12.1 Å². The summed E-state index contributed by atoms with van der Waals surface area (Å²) >= 11 is 0. The molecule has 0 unspecified atom stereocenters. The normalized spacial score (nSPS) is 17.3. The molecule has 4 nitrogen and oxygen atoms in total. The quantitative estimate of drug-likeness (QED) is 0.489. The molecule has 7 heteroatoms. The average Bonchev–Trinajstić information content (AvgIpc) is 3.26. The van der Waals surface area contributed by atoms with Gasteiger partial charge in [0.15, 0.2) is 18.1 Å². The lowest BCUT2D eigenvalue weighted by molar-refractivity contribution is -0.153. The number of carbonyl (C=O) groups is 1. The SMILES string of the molecule is CC[C@@H](c1ccccc1)[C@@H]1CCCN1C(=O)CCc1ccc(OCC(F)(F)F)c(OC)c1. The van der Waals surface area contributed by atoms with E-state index in [9.17, 15) is 18.0 Å². The van der Waals surface area contributed by atoms with Crippen molar-refractivity contribution in [2.45, 2.75) is 57.2 Å². The summed E-state index contributed by atoms with van der Waals surface area (Å²) in [6.45, 7) is 1.55. The van der Waals surface area contributed by atoms with Crippen molar-refractivity contribution in [1.82, 2.24) is 4.90 Å². The zero-order valence-electron chi connectivity index (χ0n) is 18.5. The number of benzene rings is 2. The molecule has 174 valence electrons. The van der Waals surface area contributed by atoms with Crippen LogP contribution in [0.5, 0.6) is 11.5 Å². The van der Waals surface area contributed by atoms with Crippen molar-refractivity contribution in [2.75, 3.05) is 20.3 Å². The molecule has 1 heterocycles. The summed E-state index contributed by atoms with van der Waals surface area (Å²) in [5.41, 5.74) is 2.08. The Bertz CT molecular complexity index is 886. The van der Waals surface area contributed by atoms with Crippen molar-refractivity contribution < 1.29 is 27.4 Å². The van der Waals surface area contributed by atoms with Crippen LogP contribution in [0, 0.1) is 0 Å². The van der Waals surface area contributed by atoms with E-state index in [1.165, 1.54) is 18.7 Å². The molecule has 1 fully saturated rings. The standard InChI is InChI=1S/C25H30F3NO3/c1-3-20(19-8-5-4-6-9-19)21-10-7-15-29(21)24(30)14-12-18-11-13-22(23(16-18)31-2)32-17-25(26,27)28/h4-6,8-9,11,13,16,20-21H,3,7,10,12,14-15,17H2,1-2H3/t20-,21-/m0/s1. The smallest absolute Gasteiger partial charge is 0.422 e. The van der Waals surface area contributed by atoms with Gasteiger partial charge in [-0.15, -0.1) is 0 Å². The van der Waals surface area contributed by atoms with Gasteiger partial charge < -0.3 is 14.4 Å². The summed E-state index contributed by atoms with van der Waals surface area (Å²) in [5.74, 6) is 0.688. The minimum atomic E-state index is -4.42. The van der Waals surface area contributed by atoms with Gasteiger partial charge in [0.25, 0.3) is 0 Å². The number of hydrogen-bond acceptors (Lipinski definition) is 3. The van der Waals surface area contributed by atoms with E-state index >= 15 is 0 Å². The Labute approximate surface area is 187 Å². The number of amides is 1. The maximum absolute atomic E-state index is 13.1. The van der Waals surface area contributed by atoms with E-state index in [0.717, 1.165) is 31.4 Å². The van der Waals surface area contributed by atoms with Gasteiger partial charge in [0, 0.05) is 24.9 Å². The highest BCUT2D eigenvalue weighted by Crippen LogP contribution is 2.34. The van der Waals surface area contributed by atoms with Crippen molar-refractivity contribution in [3.05, 3.63) is 59.7 Å². The lowest BCUT2D eigenvalue weighted by Crippen LogP contribution is -2.39. The first-order chi connectivity index (χ1) is 15.3. The number of halogens is 3. The molecule has 1 amide bonds. The first kappa shape index (κ1) is 24.0. The highest BCUT2D eigenvalue weighted by atomic mass is 19.4. The molecule has 3 rings (SSSR count). The van der Waals surface area contributed by atoms with Crippen LogP contribution in [0.25, 0.3) is 0 Å². The zero-order chi connectivity index (χ0) is 23.1. The maximum atomic E-state index is 13.1. The topological polar surface area (TPSA) is 38.8 Å². The van der Waals surface area contributed by atoms with Crippen LogP contribution in [0.3, 0.4) is 0 Å². The van der Waals surface area contributed by atoms with Gasteiger partial charge in [0.2, 0.25) is 5.91 Å². The Morgan fingerprint density at radius 1 is 1.16 bits per heavy atom. The van der Waals surface area contributed by atoms with Crippen LogP contribution < -0.4 is 9.47 Å². The lowest BCUT2D eigenvalue weighted by Gasteiger charge is -2.32. The molecule has 0 aliphatic carbocycles. The van der Waals surface area contributed by atoms with Crippen molar-refractivity contribution in [2.24, 2.45) is 0 Å². The molecular weight excluding hydrogens is 419 g/mol. The Morgan fingerprint density at radius 2 is 1.91 bits per heavy atom. The monoisotopic (exact) mass is 449 g/mol. The molecule has 2 aromatic rings. The number of methoxy groups -OCH3 is 1. The molecule has 0 saturated carbocycles. The Hall–Kier alpha value is -2.70. The number of alkyl halides is 3. The first-order valence-electron chi connectivity index (χ1n) is 11.0. The van der Waals surface area contributed by atoms with E-state index in [2.05, 4.69) is 19.1 Å². The van der Waals surface area contributed by atoms with Gasteiger partial charge in [-0.2, -0.15) is 13.2 Å². The molecular formula is C25H30F3NO3. The largest absolute Gasteiger partial charge is 0.493 e. The Kier molecular flexibility index (Phi) is 8.04. The number of hydrogen-bond donors (Lipinski definition) is 0. The molecule has 2 atom stereocenters. The highest BCUT2D eigenvalue weighted by molar-refractivity contribution is 5.77. The fraction of sp³-hybridized carbons (Fsp3) is 0.480. The van der Waals surface area contributed by atoms with Crippen LogP contribution in [0.1, 0.15) is 49.7 Å². The summed E-state index contributed by atoms with van der Waals surface area (Å²) in [4.78, 5) is 15.1. The van der Waals surface area contributed by atoms with Crippen LogP contribution in [0.4, 0.5) is 13.2 Å². The van der Waals surface area contributed by atoms with Gasteiger partial charge >= 0.3 is 6.18 Å². The van der Waals surface area contributed by atoms with Crippen LogP contribution in [-0.4, -0.2) is 43.3 Å². The molecule has 2 aromatic carbocycles. The van der Waals surface area contributed by atoms with Gasteiger partial charge in [0.05, 0.1) is 7.11 Å². The third-order valence-electron chi connectivity index (χ3n) is 6.00. The van der Waals surface area contributed by atoms with Crippen molar-refractivity contribution in [1.29, 1.82) is 0 Å². The number of ether oxygens (including phenoxy) is 2. The number of aryl methyl sites for hydroxylation is 1. The summed E-state index contributed by atoms with van der Waals surface area (Å²) in [6.07, 6.45) is -0.627. The molecule has 1 aliphatic heterocycles. The summed E-state index contributed by atoms with van der Waals surface area (Å²) in [6, 6.07) is 15.3. The highest BCUT2D eigenvalue weighted by Gasteiger charge is 2.34. The zero-order valence-corrected chi connectivity index (χ0v) is 18.5. The van der Waals surface area contributed by atoms with Gasteiger partial charge in [0.1, 0.15) is 0 Å². The van der Waals surface area contributed by atoms with E-state index in [1.807, 2.05) is 23.1 Å². The molecule has 0 spiro atoms. The fourth-order valence-electron chi connectivity index (χ4n) is 4.49. The molecule has 0 N–H and O–H groups in total. The fourth-order valence-corrected chi connectivity index (χ4v) is 4.49. The molecule has 32 heavy (non-hydrogen) atoms. The van der Waals surface area contributed by atoms with Gasteiger partial charge in [-0.25, -0.2) is 0 Å². The predicted octanol–water partition coefficient (Wildman–Crippen LogP) is 5.75. The first-order valence-corrected chi connectivity index (χ1v) is 11.0. The average molecular weight is 450 g/mol. The van der Waals surface area contributed by atoms with Crippen molar-refractivity contribution in [3.63, 3.8) is 0 Å². The van der Waals surface area contributed by atoms with Gasteiger partial charge in [-0.1, -0.05) is 43.3 Å². The van der Waals surface area contributed by atoms with E-state index in [0.29, 0.717) is 18.8 Å². The lowest BCUT2D eigenvalue weighted by atomic mass is 9.87. The van der Waals surface area contributed by atoms with Gasteiger partial charge in [-0.05, 0) is 48.9 Å². The van der Waals surface area contributed by atoms with Crippen LogP contribution in [0.15, 0.2) is 48.5 Å². The summed E-state index contributed by atoms with van der Waals surface area (Å²) in [7, 11) is 1.38. The number of nitrogens with zero attached hydrogens (tertiary/aromatic N) is 1. The molecule has 1 saturated heterocycles. The van der Waals surface area contributed by atoms with Crippen molar-refractivity contribution >= 4 is 5.91 Å². The second-order valence-electron chi connectivity index (χ2n) is 8.11. The Balaban J connectivity index is 1.63. The number of likely N-dealkylation sites (tertiary alicyclic amines) is 1. The number of carbonyl (C=O) groups excluding carboxylic acids is 1. The third kappa shape index (κ3) is 6.17. The minimum absolute atomic E-state index is 0.0353. The second-order valence-corrected chi connectivity index (χ2v) is 8.11. The van der Waals surface area contributed by atoms with Gasteiger partial charge in [-0.3, -0.25) is 4.79 Å². The molecule has 0 aromatic heterocycles. The minimum Gasteiger partial charge on any atom is -0.493 e. The number of rotatable bonds is 9. The molecule has 0 radical (unpaired) electrons. The second kappa shape index (κ2) is 10.7. The van der Waals surface area contributed by atoms with E-state index in [-0.39, 0.29) is 23.4 Å². The van der Waals surface area contributed by atoms with Crippen molar-refractivity contribution in [3.8, 4) is 11.5 Å². The Morgan fingerprint density at radius 3 is 2.56 bits per heavy atom.